The molecular weight excluding hydrogens is 310 g/mol. The Morgan fingerprint density at radius 2 is 1.88 bits per heavy atom. The lowest BCUT2D eigenvalue weighted by Crippen LogP contribution is -2.40. The van der Waals surface area contributed by atoms with Crippen molar-refractivity contribution in [2.24, 2.45) is 0 Å². The summed E-state index contributed by atoms with van der Waals surface area (Å²) in [5.41, 5.74) is 0. The van der Waals surface area contributed by atoms with E-state index in [1.807, 2.05) is 31.2 Å². The van der Waals surface area contributed by atoms with Gasteiger partial charge in [-0.3, -0.25) is 4.90 Å². The number of hydrogen-bond donors (Lipinski definition) is 2. The van der Waals surface area contributed by atoms with E-state index in [0.29, 0.717) is 24.7 Å². The third kappa shape index (κ3) is 6.64. The van der Waals surface area contributed by atoms with Crippen molar-refractivity contribution < 1.29 is 19.0 Å². The minimum atomic E-state index is -0.231. The molecule has 134 valence electrons. The zero-order valence-corrected chi connectivity index (χ0v) is 14.3. The summed E-state index contributed by atoms with van der Waals surface area (Å²) in [6, 6.07) is 7.17. The standard InChI is InChI=1S/C17H27N3O4/c1-2-23-15-6-3-4-7-16(15)24-14-19-17(21)18-8-5-9-20-10-12-22-13-11-20/h3-4,6-7H,2,5,8-14H2,1H3,(H2,18,19,21). The highest BCUT2D eigenvalue weighted by atomic mass is 16.5. The van der Waals surface area contributed by atoms with Crippen LogP contribution in [0.3, 0.4) is 0 Å². The third-order valence-corrected chi connectivity index (χ3v) is 3.65. The summed E-state index contributed by atoms with van der Waals surface area (Å²) in [5.74, 6) is 1.29. The lowest BCUT2D eigenvalue weighted by Gasteiger charge is -2.26. The van der Waals surface area contributed by atoms with E-state index in [-0.39, 0.29) is 12.8 Å². The van der Waals surface area contributed by atoms with Crippen molar-refractivity contribution in [1.82, 2.24) is 15.5 Å². The van der Waals surface area contributed by atoms with Gasteiger partial charge >= 0.3 is 6.03 Å². The number of urea groups is 1. The lowest BCUT2D eigenvalue weighted by atomic mass is 10.3. The van der Waals surface area contributed by atoms with Gasteiger partial charge in [0.15, 0.2) is 18.2 Å². The number of benzene rings is 1. The largest absolute Gasteiger partial charge is 0.490 e. The lowest BCUT2D eigenvalue weighted by molar-refractivity contribution is 0.0375. The van der Waals surface area contributed by atoms with E-state index in [1.54, 1.807) is 0 Å². The van der Waals surface area contributed by atoms with Gasteiger partial charge in [-0.1, -0.05) is 12.1 Å². The number of nitrogens with one attached hydrogen (secondary N) is 2. The molecule has 7 nitrogen and oxygen atoms in total. The molecule has 2 N–H and O–H groups in total. The van der Waals surface area contributed by atoms with Crippen molar-refractivity contribution in [2.45, 2.75) is 13.3 Å². The summed E-state index contributed by atoms with van der Waals surface area (Å²) in [7, 11) is 0. The van der Waals surface area contributed by atoms with E-state index >= 15 is 0 Å². The molecule has 1 fully saturated rings. The maximum Gasteiger partial charge on any atom is 0.317 e. The fourth-order valence-corrected chi connectivity index (χ4v) is 2.42. The molecule has 0 saturated carbocycles. The minimum absolute atomic E-state index is 0.0966. The van der Waals surface area contributed by atoms with Gasteiger partial charge in [0.05, 0.1) is 19.8 Å². The first-order chi connectivity index (χ1) is 11.8. The minimum Gasteiger partial charge on any atom is -0.490 e. The quantitative estimate of drug-likeness (QED) is 0.527. The molecule has 7 heteroatoms. The average Bonchev–Trinajstić information content (AvgIpc) is 2.61. The van der Waals surface area contributed by atoms with Crippen LogP contribution < -0.4 is 20.1 Å². The van der Waals surface area contributed by atoms with E-state index in [4.69, 9.17) is 14.2 Å². The molecule has 2 rings (SSSR count). The fraction of sp³-hybridized carbons (Fsp3) is 0.588. The molecule has 0 aliphatic carbocycles. The van der Waals surface area contributed by atoms with Crippen LogP contribution in [0, 0.1) is 0 Å². The number of morpholine rings is 1. The Hall–Kier alpha value is -1.99. The van der Waals surface area contributed by atoms with E-state index < -0.39 is 0 Å². The monoisotopic (exact) mass is 337 g/mol. The molecule has 0 unspecified atom stereocenters. The summed E-state index contributed by atoms with van der Waals surface area (Å²) in [5, 5.41) is 5.51. The number of ether oxygens (including phenoxy) is 3. The van der Waals surface area contributed by atoms with Gasteiger partial charge in [0.25, 0.3) is 0 Å². The van der Waals surface area contributed by atoms with Crippen molar-refractivity contribution in [1.29, 1.82) is 0 Å². The van der Waals surface area contributed by atoms with Crippen molar-refractivity contribution in [3.05, 3.63) is 24.3 Å². The topological polar surface area (TPSA) is 72.1 Å². The second-order valence-corrected chi connectivity index (χ2v) is 5.41. The van der Waals surface area contributed by atoms with Gasteiger partial charge in [-0.2, -0.15) is 0 Å². The molecule has 1 aromatic rings. The third-order valence-electron chi connectivity index (χ3n) is 3.65. The summed E-state index contributed by atoms with van der Waals surface area (Å²) in [6.45, 7) is 7.73. The molecular formula is C17H27N3O4. The molecule has 0 atom stereocenters. The Labute approximate surface area is 143 Å². The van der Waals surface area contributed by atoms with Gasteiger partial charge in [0.1, 0.15) is 0 Å². The first kappa shape index (κ1) is 18.4. The van der Waals surface area contributed by atoms with Gasteiger partial charge in [0, 0.05) is 19.6 Å². The Kier molecular flexibility index (Phi) is 8.20. The van der Waals surface area contributed by atoms with Crippen LogP contribution in [-0.4, -0.2) is 63.7 Å². The predicted octanol–water partition coefficient (Wildman–Crippen LogP) is 1.44. The predicted molar refractivity (Wildman–Crippen MR) is 91.5 cm³/mol. The molecule has 1 aliphatic heterocycles. The number of rotatable bonds is 9. The van der Waals surface area contributed by atoms with Gasteiger partial charge in [-0.25, -0.2) is 4.79 Å². The van der Waals surface area contributed by atoms with Crippen molar-refractivity contribution in [3.8, 4) is 11.5 Å². The molecule has 0 spiro atoms. The molecule has 2 amide bonds. The number of nitrogens with zero attached hydrogens (tertiary/aromatic N) is 1. The van der Waals surface area contributed by atoms with Gasteiger partial charge in [-0.15, -0.1) is 0 Å². The maximum absolute atomic E-state index is 11.7. The second kappa shape index (κ2) is 10.7. The van der Waals surface area contributed by atoms with Crippen molar-refractivity contribution in [3.63, 3.8) is 0 Å². The van der Waals surface area contributed by atoms with Crippen LogP contribution in [0.15, 0.2) is 24.3 Å². The maximum atomic E-state index is 11.7. The SMILES string of the molecule is CCOc1ccccc1OCNC(=O)NCCCN1CCOCC1. The zero-order valence-electron chi connectivity index (χ0n) is 14.3. The highest BCUT2D eigenvalue weighted by Crippen LogP contribution is 2.25. The summed E-state index contributed by atoms with van der Waals surface area (Å²) in [4.78, 5) is 14.1. The van der Waals surface area contributed by atoms with E-state index in [1.165, 1.54) is 0 Å². The average molecular weight is 337 g/mol. The van der Waals surface area contributed by atoms with Crippen LogP contribution in [0.1, 0.15) is 13.3 Å². The Morgan fingerprint density at radius 3 is 2.58 bits per heavy atom. The van der Waals surface area contributed by atoms with Crippen LogP contribution >= 0.6 is 0 Å². The van der Waals surface area contributed by atoms with Gasteiger partial charge in [-0.05, 0) is 32.0 Å². The van der Waals surface area contributed by atoms with Crippen LogP contribution in [0.5, 0.6) is 11.5 Å². The van der Waals surface area contributed by atoms with Gasteiger partial charge in [0.2, 0.25) is 0 Å². The van der Waals surface area contributed by atoms with Crippen LogP contribution in [-0.2, 0) is 4.74 Å². The van der Waals surface area contributed by atoms with Gasteiger partial charge < -0.3 is 24.8 Å². The van der Waals surface area contributed by atoms with Crippen LogP contribution in [0.25, 0.3) is 0 Å². The first-order valence-electron chi connectivity index (χ1n) is 8.46. The summed E-state index contributed by atoms with van der Waals surface area (Å²) >= 11 is 0. The van der Waals surface area contributed by atoms with Crippen LogP contribution in [0.2, 0.25) is 0 Å². The Bertz CT molecular complexity index is 492. The smallest absolute Gasteiger partial charge is 0.317 e. The molecule has 1 aromatic carbocycles. The first-order valence-corrected chi connectivity index (χ1v) is 8.46. The summed E-state index contributed by atoms with van der Waals surface area (Å²) < 4.78 is 16.3. The number of amides is 2. The molecule has 1 saturated heterocycles. The number of hydrogen-bond acceptors (Lipinski definition) is 5. The zero-order chi connectivity index (χ0) is 17.0. The fourth-order valence-electron chi connectivity index (χ4n) is 2.42. The normalized spacial score (nSPS) is 14.9. The molecule has 0 radical (unpaired) electrons. The van der Waals surface area contributed by atoms with Crippen LogP contribution in [0.4, 0.5) is 4.79 Å². The highest BCUT2D eigenvalue weighted by molar-refractivity contribution is 5.73. The molecule has 0 bridgehead atoms. The Balaban J connectivity index is 1.56. The molecule has 24 heavy (non-hydrogen) atoms. The van der Waals surface area contributed by atoms with E-state index in [0.717, 1.165) is 39.3 Å². The molecule has 0 aromatic heterocycles. The van der Waals surface area contributed by atoms with E-state index in [2.05, 4.69) is 15.5 Å². The van der Waals surface area contributed by atoms with E-state index in [9.17, 15) is 4.79 Å². The van der Waals surface area contributed by atoms with Crippen molar-refractivity contribution >= 4 is 6.03 Å². The number of carbonyl (C=O) groups is 1. The summed E-state index contributed by atoms with van der Waals surface area (Å²) in [6.07, 6.45) is 0.918. The number of carbonyl (C=O) groups excluding carboxylic acids is 1. The highest BCUT2D eigenvalue weighted by Gasteiger charge is 2.09. The van der Waals surface area contributed by atoms with Crippen molar-refractivity contribution in [2.75, 3.05) is 52.7 Å². The second-order valence-electron chi connectivity index (χ2n) is 5.41. The Morgan fingerprint density at radius 1 is 1.17 bits per heavy atom. The molecule has 1 aliphatic rings. The molecule has 1 heterocycles. The number of para-hydroxylation sites is 2.